The summed E-state index contributed by atoms with van der Waals surface area (Å²) < 4.78 is 2.26. The van der Waals surface area contributed by atoms with Crippen molar-refractivity contribution in [2.45, 2.75) is 56.0 Å². The Morgan fingerprint density at radius 3 is 2.67 bits per heavy atom. The van der Waals surface area contributed by atoms with Crippen molar-refractivity contribution < 1.29 is 4.79 Å². The second-order valence-electron chi connectivity index (χ2n) is 6.93. The Bertz CT molecular complexity index is 912. The van der Waals surface area contributed by atoms with Gasteiger partial charge in [-0.15, -0.1) is 21.5 Å². The van der Waals surface area contributed by atoms with Gasteiger partial charge in [0.25, 0.3) is 0 Å². The van der Waals surface area contributed by atoms with Gasteiger partial charge in [-0.3, -0.25) is 4.79 Å². The Hall–Kier alpha value is -1.92. The first kappa shape index (κ1) is 18.4. The Morgan fingerprint density at radius 1 is 1.26 bits per heavy atom. The van der Waals surface area contributed by atoms with Crippen LogP contribution in [0.25, 0.3) is 0 Å². The minimum absolute atomic E-state index is 0.146. The van der Waals surface area contributed by atoms with Crippen LogP contribution in [0.15, 0.2) is 46.9 Å². The third kappa shape index (κ3) is 4.17. The molecule has 0 unspecified atom stereocenters. The maximum Gasteiger partial charge on any atom is 0.192 e. The number of aromatic nitrogens is 3. The number of rotatable bonds is 8. The van der Waals surface area contributed by atoms with Crippen LogP contribution in [-0.2, 0) is 12.8 Å². The van der Waals surface area contributed by atoms with Gasteiger partial charge in [0, 0.05) is 22.9 Å². The topological polar surface area (TPSA) is 47.8 Å². The first-order valence-electron chi connectivity index (χ1n) is 9.41. The number of thiophene rings is 1. The maximum absolute atomic E-state index is 12.8. The highest BCUT2D eigenvalue weighted by Crippen LogP contribution is 2.40. The van der Waals surface area contributed by atoms with Crippen LogP contribution >= 0.6 is 23.1 Å². The van der Waals surface area contributed by atoms with Gasteiger partial charge in [-0.2, -0.15) is 0 Å². The number of hydrogen-bond donors (Lipinski definition) is 0. The number of nitrogens with zero attached hydrogens (tertiary/aromatic N) is 3. The third-order valence-electron chi connectivity index (χ3n) is 4.86. The van der Waals surface area contributed by atoms with Crippen molar-refractivity contribution in [2.24, 2.45) is 0 Å². The average molecular weight is 398 g/mol. The van der Waals surface area contributed by atoms with Gasteiger partial charge in [-0.05, 0) is 43.2 Å². The molecule has 0 radical (unpaired) electrons. The van der Waals surface area contributed by atoms with Crippen LogP contribution in [0.4, 0.5) is 0 Å². The van der Waals surface area contributed by atoms with Gasteiger partial charge in [0.1, 0.15) is 5.82 Å². The molecule has 4 nitrogen and oxygen atoms in total. The molecule has 2 aromatic heterocycles. The van der Waals surface area contributed by atoms with E-state index in [-0.39, 0.29) is 11.0 Å². The molecule has 3 aromatic rings. The van der Waals surface area contributed by atoms with Gasteiger partial charge < -0.3 is 4.57 Å². The monoisotopic (exact) mass is 397 g/mol. The number of carbonyl (C=O) groups is 1. The molecule has 0 amide bonds. The number of hydrogen-bond acceptors (Lipinski definition) is 5. The summed E-state index contributed by atoms with van der Waals surface area (Å²) in [6, 6.07) is 12.6. The number of carbonyl (C=O) groups excluding carboxylic acids is 1. The smallest absolute Gasteiger partial charge is 0.192 e. The lowest BCUT2D eigenvalue weighted by molar-refractivity contribution is 0.0994. The Kier molecular flexibility index (Phi) is 5.45. The van der Waals surface area contributed by atoms with Gasteiger partial charge in [-0.25, -0.2) is 0 Å². The molecule has 1 saturated carbocycles. The molecule has 0 N–H and O–H groups in total. The molecule has 0 saturated heterocycles. The van der Waals surface area contributed by atoms with Gasteiger partial charge in [0.2, 0.25) is 0 Å². The van der Waals surface area contributed by atoms with E-state index in [4.69, 9.17) is 0 Å². The molecule has 4 rings (SSSR count). The highest BCUT2D eigenvalue weighted by Gasteiger charge is 2.31. The van der Waals surface area contributed by atoms with E-state index in [1.165, 1.54) is 35.0 Å². The van der Waals surface area contributed by atoms with Gasteiger partial charge in [0.05, 0.1) is 5.25 Å². The average Bonchev–Trinajstić information content (AvgIpc) is 3.25. The summed E-state index contributed by atoms with van der Waals surface area (Å²) in [5, 5.41) is 11.7. The molecular formula is C21H23N3OS2. The lowest BCUT2D eigenvalue weighted by Crippen LogP contribution is -2.15. The standard InChI is InChI=1S/C21H23N3OS2/c1-3-15-6-8-16(9-7-15)20(25)14(2)27-21-23-22-19(24(21)17-10-11-17)13-18-5-4-12-26-18/h4-9,12,14,17H,3,10-11,13H2,1-2H3/t14-/m1/s1. The van der Waals surface area contributed by atoms with E-state index in [2.05, 4.69) is 39.2 Å². The van der Waals surface area contributed by atoms with Crippen molar-refractivity contribution in [3.05, 3.63) is 63.6 Å². The molecule has 0 bridgehead atoms. The Labute approximate surface area is 168 Å². The van der Waals surface area contributed by atoms with E-state index in [0.717, 1.165) is 29.4 Å². The molecule has 27 heavy (non-hydrogen) atoms. The summed E-state index contributed by atoms with van der Waals surface area (Å²) in [5.74, 6) is 1.15. The number of thioether (sulfide) groups is 1. The molecule has 6 heteroatoms. The summed E-state index contributed by atoms with van der Waals surface area (Å²) in [6.45, 7) is 4.08. The van der Waals surface area contributed by atoms with Crippen LogP contribution in [0.2, 0.25) is 0 Å². The van der Waals surface area contributed by atoms with Crippen molar-refractivity contribution >= 4 is 28.9 Å². The fraction of sp³-hybridized carbons (Fsp3) is 0.381. The third-order valence-corrected chi connectivity index (χ3v) is 6.79. The zero-order valence-electron chi connectivity index (χ0n) is 15.6. The number of Topliss-reactive ketones (excluding diaryl/α,β-unsaturated/α-hetero) is 1. The Balaban J connectivity index is 1.51. The van der Waals surface area contributed by atoms with E-state index >= 15 is 0 Å². The fourth-order valence-electron chi connectivity index (χ4n) is 3.13. The van der Waals surface area contributed by atoms with Crippen LogP contribution in [0.1, 0.15) is 59.4 Å². The van der Waals surface area contributed by atoms with Crippen molar-refractivity contribution in [1.29, 1.82) is 0 Å². The van der Waals surface area contributed by atoms with Crippen molar-refractivity contribution in [3.8, 4) is 0 Å². The number of aryl methyl sites for hydroxylation is 1. The normalized spacial score (nSPS) is 15.0. The van der Waals surface area contributed by atoms with E-state index < -0.39 is 0 Å². The van der Waals surface area contributed by atoms with Gasteiger partial charge in [0.15, 0.2) is 10.9 Å². The minimum atomic E-state index is -0.186. The SMILES string of the molecule is CCc1ccc(C(=O)[C@@H](C)Sc2nnc(Cc3cccs3)n2C2CC2)cc1. The van der Waals surface area contributed by atoms with Crippen LogP contribution in [-0.4, -0.2) is 25.8 Å². The van der Waals surface area contributed by atoms with Gasteiger partial charge in [-0.1, -0.05) is 49.0 Å². The lowest BCUT2D eigenvalue weighted by atomic mass is 10.1. The van der Waals surface area contributed by atoms with Gasteiger partial charge >= 0.3 is 0 Å². The quantitative estimate of drug-likeness (QED) is 0.388. The second kappa shape index (κ2) is 7.98. The van der Waals surface area contributed by atoms with Crippen LogP contribution in [0.3, 0.4) is 0 Å². The fourth-order valence-corrected chi connectivity index (χ4v) is 4.84. The summed E-state index contributed by atoms with van der Waals surface area (Å²) in [5.41, 5.74) is 2.02. The molecule has 1 aliphatic carbocycles. The number of ketones is 1. The van der Waals surface area contributed by atoms with E-state index in [9.17, 15) is 4.79 Å². The highest BCUT2D eigenvalue weighted by molar-refractivity contribution is 8.00. The predicted molar refractivity (Wildman–Crippen MR) is 111 cm³/mol. The summed E-state index contributed by atoms with van der Waals surface area (Å²) in [7, 11) is 0. The predicted octanol–water partition coefficient (Wildman–Crippen LogP) is 5.19. The Morgan fingerprint density at radius 2 is 2.04 bits per heavy atom. The molecule has 2 heterocycles. The molecule has 0 aliphatic heterocycles. The van der Waals surface area contributed by atoms with Crippen molar-refractivity contribution in [3.63, 3.8) is 0 Å². The van der Waals surface area contributed by atoms with Crippen LogP contribution < -0.4 is 0 Å². The molecule has 1 aliphatic rings. The molecule has 0 spiro atoms. The zero-order valence-corrected chi connectivity index (χ0v) is 17.2. The van der Waals surface area contributed by atoms with E-state index in [0.29, 0.717) is 6.04 Å². The van der Waals surface area contributed by atoms with E-state index in [1.54, 1.807) is 11.3 Å². The first-order valence-corrected chi connectivity index (χ1v) is 11.2. The van der Waals surface area contributed by atoms with E-state index in [1.807, 2.05) is 31.2 Å². The molecule has 1 atom stereocenters. The lowest BCUT2D eigenvalue weighted by Gasteiger charge is -2.12. The summed E-state index contributed by atoms with van der Waals surface area (Å²) in [6.07, 6.45) is 4.13. The zero-order chi connectivity index (χ0) is 18.8. The molecule has 1 fully saturated rings. The minimum Gasteiger partial charge on any atom is -0.303 e. The van der Waals surface area contributed by atoms with Crippen LogP contribution in [0, 0.1) is 0 Å². The molecule has 140 valence electrons. The molecular weight excluding hydrogens is 374 g/mol. The van der Waals surface area contributed by atoms with Crippen molar-refractivity contribution in [2.75, 3.05) is 0 Å². The molecule has 1 aromatic carbocycles. The number of benzene rings is 1. The highest BCUT2D eigenvalue weighted by atomic mass is 32.2. The first-order chi connectivity index (χ1) is 13.2. The largest absolute Gasteiger partial charge is 0.303 e. The van der Waals surface area contributed by atoms with Crippen molar-refractivity contribution in [1.82, 2.24) is 14.8 Å². The second-order valence-corrected chi connectivity index (χ2v) is 9.27. The maximum atomic E-state index is 12.8. The summed E-state index contributed by atoms with van der Waals surface area (Å²) in [4.78, 5) is 14.1. The van der Waals surface area contributed by atoms with Crippen LogP contribution in [0.5, 0.6) is 0 Å². The summed E-state index contributed by atoms with van der Waals surface area (Å²) >= 11 is 3.27.